The topological polar surface area (TPSA) is 73.5 Å². The van der Waals surface area contributed by atoms with Gasteiger partial charge in [0, 0.05) is 38.8 Å². The number of hydrogen-bond acceptors (Lipinski definition) is 3. The van der Waals surface area contributed by atoms with Gasteiger partial charge in [0.05, 0.1) is 0 Å². The second-order valence-corrected chi connectivity index (χ2v) is 5.80. The van der Waals surface area contributed by atoms with E-state index in [9.17, 15) is 9.59 Å². The van der Waals surface area contributed by atoms with Gasteiger partial charge in [-0.25, -0.2) is 4.79 Å². The molecule has 0 bridgehead atoms. The molecule has 0 aliphatic carbocycles. The number of benzene rings is 1. The molecule has 1 saturated heterocycles. The lowest BCUT2D eigenvalue weighted by Gasteiger charge is -2.13. The Labute approximate surface area is 131 Å². The molecule has 1 unspecified atom stereocenters. The van der Waals surface area contributed by atoms with Gasteiger partial charge >= 0.3 is 6.03 Å². The summed E-state index contributed by atoms with van der Waals surface area (Å²) in [4.78, 5) is 25.0. The summed E-state index contributed by atoms with van der Waals surface area (Å²) >= 11 is 0. The molecule has 0 aromatic heterocycles. The fourth-order valence-electron chi connectivity index (χ4n) is 2.42. The van der Waals surface area contributed by atoms with Crippen LogP contribution in [0.25, 0.3) is 0 Å². The number of carbonyl (C=O) groups excluding carboxylic acids is 2. The first kappa shape index (κ1) is 16.3. The van der Waals surface area contributed by atoms with E-state index in [0.717, 1.165) is 30.6 Å². The number of carbonyl (C=O) groups is 2. The number of rotatable bonds is 5. The number of urea groups is 1. The molecular weight excluding hydrogens is 280 g/mol. The van der Waals surface area contributed by atoms with E-state index < -0.39 is 0 Å². The van der Waals surface area contributed by atoms with Gasteiger partial charge in [0.1, 0.15) is 0 Å². The lowest BCUT2D eigenvalue weighted by molar-refractivity contribution is -0.121. The van der Waals surface area contributed by atoms with Gasteiger partial charge in [0.15, 0.2) is 0 Å². The largest absolute Gasteiger partial charge is 0.352 e. The van der Waals surface area contributed by atoms with Crippen LogP contribution in [0, 0.1) is 0 Å². The Bertz CT molecular complexity index is 525. The highest BCUT2D eigenvalue weighted by Crippen LogP contribution is 2.12. The van der Waals surface area contributed by atoms with Gasteiger partial charge in [-0.05, 0) is 37.1 Å². The molecule has 0 saturated carbocycles. The lowest BCUT2D eigenvalue weighted by Crippen LogP contribution is -2.31. The zero-order valence-corrected chi connectivity index (χ0v) is 13.2. The third-order valence-corrected chi connectivity index (χ3v) is 3.67. The van der Waals surface area contributed by atoms with Crippen molar-refractivity contribution in [3.05, 3.63) is 29.8 Å². The first-order valence-corrected chi connectivity index (χ1v) is 7.62. The Morgan fingerprint density at radius 2 is 2.18 bits per heavy atom. The smallest absolute Gasteiger partial charge is 0.321 e. The molecule has 1 heterocycles. The van der Waals surface area contributed by atoms with Gasteiger partial charge < -0.3 is 20.9 Å². The molecule has 6 nitrogen and oxygen atoms in total. The Morgan fingerprint density at radius 1 is 1.36 bits per heavy atom. The van der Waals surface area contributed by atoms with E-state index >= 15 is 0 Å². The van der Waals surface area contributed by atoms with Crippen LogP contribution in [0.3, 0.4) is 0 Å². The zero-order chi connectivity index (χ0) is 15.9. The molecule has 1 aliphatic heterocycles. The third-order valence-electron chi connectivity index (χ3n) is 3.67. The van der Waals surface area contributed by atoms with Gasteiger partial charge in [-0.15, -0.1) is 0 Å². The van der Waals surface area contributed by atoms with Crippen LogP contribution in [0.5, 0.6) is 0 Å². The van der Waals surface area contributed by atoms with Crippen LogP contribution in [0.2, 0.25) is 0 Å². The molecule has 120 valence electrons. The van der Waals surface area contributed by atoms with Gasteiger partial charge in [0.25, 0.3) is 0 Å². The molecule has 0 radical (unpaired) electrons. The van der Waals surface area contributed by atoms with Crippen LogP contribution >= 0.6 is 0 Å². The number of nitrogens with zero attached hydrogens (tertiary/aromatic N) is 1. The maximum atomic E-state index is 11.9. The van der Waals surface area contributed by atoms with Crippen LogP contribution < -0.4 is 16.0 Å². The SMILES string of the molecule is CN(C)C(=O)Nc1cccc(CNC(=O)CC2CCCN2)c1. The molecule has 3 amide bonds. The molecule has 0 spiro atoms. The van der Waals surface area contributed by atoms with Crippen molar-refractivity contribution in [3.63, 3.8) is 0 Å². The summed E-state index contributed by atoms with van der Waals surface area (Å²) in [5, 5.41) is 9.03. The van der Waals surface area contributed by atoms with E-state index in [1.165, 1.54) is 4.90 Å². The minimum atomic E-state index is -0.173. The van der Waals surface area contributed by atoms with Crippen LogP contribution in [-0.4, -0.2) is 43.5 Å². The molecule has 1 atom stereocenters. The highest BCUT2D eigenvalue weighted by atomic mass is 16.2. The molecule has 1 aromatic carbocycles. The highest BCUT2D eigenvalue weighted by molar-refractivity contribution is 5.89. The Morgan fingerprint density at radius 3 is 2.86 bits per heavy atom. The molecule has 1 aliphatic rings. The van der Waals surface area contributed by atoms with Crippen molar-refractivity contribution in [1.82, 2.24) is 15.5 Å². The van der Waals surface area contributed by atoms with Crippen LogP contribution in [0.15, 0.2) is 24.3 Å². The zero-order valence-electron chi connectivity index (χ0n) is 13.2. The second kappa shape index (κ2) is 7.79. The first-order valence-electron chi connectivity index (χ1n) is 7.62. The number of nitrogens with one attached hydrogen (secondary N) is 3. The van der Waals surface area contributed by atoms with Gasteiger partial charge in [0.2, 0.25) is 5.91 Å². The molecule has 3 N–H and O–H groups in total. The number of amides is 3. The maximum absolute atomic E-state index is 11.9. The van der Waals surface area contributed by atoms with Crippen LogP contribution in [0.4, 0.5) is 10.5 Å². The average molecular weight is 304 g/mol. The van der Waals surface area contributed by atoms with Crippen LogP contribution in [0.1, 0.15) is 24.8 Å². The predicted octanol–water partition coefficient (Wildman–Crippen LogP) is 1.54. The average Bonchev–Trinajstić information content (AvgIpc) is 2.98. The molecule has 22 heavy (non-hydrogen) atoms. The monoisotopic (exact) mass is 304 g/mol. The predicted molar refractivity (Wildman–Crippen MR) is 86.6 cm³/mol. The Balaban J connectivity index is 1.82. The summed E-state index contributed by atoms with van der Waals surface area (Å²) in [6.07, 6.45) is 2.74. The standard InChI is InChI=1S/C16H24N4O2/c1-20(2)16(22)19-14-6-3-5-12(9-14)11-18-15(21)10-13-7-4-8-17-13/h3,5-6,9,13,17H,4,7-8,10-11H2,1-2H3,(H,18,21)(H,19,22). The van der Waals surface area contributed by atoms with E-state index in [4.69, 9.17) is 0 Å². The summed E-state index contributed by atoms with van der Waals surface area (Å²) in [5.41, 5.74) is 1.69. The van der Waals surface area contributed by atoms with E-state index in [0.29, 0.717) is 19.0 Å². The normalized spacial score (nSPS) is 17.1. The van der Waals surface area contributed by atoms with Crippen molar-refractivity contribution >= 4 is 17.6 Å². The minimum absolute atomic E-state index is 0.0575. The highest BCUT2D eigenvalue weighted by Gasteiger charge is 2.17. The van der Waals surface area contributed by atoms with Crippen molar-refractivity contribution < 1.29 is 9.59 Å². The van der Waals surface area contributed by atoms with E-state index in [2.05, 4.69) is 16.0 Å². The van der Waals surface area contributed by atoms with Crippen molar-refractivity contribution in [2.75, 3.05) is 26.0 Å². The van der Waals surface area contributed by atoms with Crippen LogP contribution in [-0.2, 0) is 11.3 Å². The minimum Gasteiger partial charge on any atom is -0.352 e. The molecule has 1 aromatic rings. The Hall–Kier alpha value is -2.08. The van der Waals surface area contributed by atoms with E-state index in [-0.39, 0.29) is 11.9 Å². The van der Waals surface area contributed by atoms with Crippen molar-refractivity contribution in [1.29, 1.82) is 0 Å². The molecular formula is C16H24N4O2. The van der Waals surface area contributed by atoms with Gasteiger partial charge in [-0.1, -0.05) is 12.1 Å². The maximum Gasteiger partial charge on any atom is 0.321 e. The van der Waals surface area contributed by atoms with Crippen molar-refractivity contribution in [2.24, 2.45) is 0 Å². The molecule has 6 heteroatoms. The number of hydrogen-bond donors (Lipinski definition) is 3. The summed E-state index contributed by atoms with van der Waals surface area (Å²) in [6, 6.07) is 7.63. The second-order valence-electron chi connectivity index (χ2n) is 5.80. The fraction of sp³-hybridized carbons (Fsp3) is 0.500. The van der Waals surface area contributed by atoms with Crippen molar-refractivity contribution in [3.8, 4) is 0 Å². The number of anilines is 1. The quantitative estimate of drug-likeness (QED) is 0.772. The van der Waals surface area contributed by atoms with Crippen molar-refractivity contribution in [2.45, 2.75) is 31.8 Å². The summed E-state index contributed by atoms with van der Waals surface area (Å²) in [7, 11) is 3.38. The van der Waals surface area contributed by atoms with E-state index in [1.54, 1.807) is 14.1 Å². The lowest BCUT2D eigenvalue weighted by atomic mass is 10.1. The summed E-state index contributed by atoms with van der Waals surface area (Å²) < 4.78 is 0. The van der Waals surface area contributed by atoms with E-state index in [1.807, 2.05) is 24.3 Å². The first-order chi connectivity index (χ1) is 10.5. The van der Waals surface area contributed by atoms with Gasteiger partial charge in [-0.3, -0.25) is 4.79 Å². The third kappa shape index (κ3) is 5.04. The molecule has 2 rings (SSSR count). The fourth-order valence-corrected chi connectivity index (χ4v) is 2.42. The molecule has 1 fully saturated rings. The summed E-state index contributed by atoms with van der Waals surface area (Å²) in [5.74, 6) is 0.0575. The Kier molecular flexibility index (Phi) is 5.77. The summed E-state index contributed by atoms with van der Waals surface area (Å²) in [6.45, 7) is 1.47. The van der Waals surface area contributed by atoms with Gasteiger partial charge in [-0.2, -0.15) is 0 Å².